The van der Waals surface area contributed by atoms with Crippen LogP contribution >= 0.6 is 0 Å². The van der Waals surface area contributed by atoms with Crippen LogP contribution in [-0.2, 0) is 30.3 Å². The molecule has 0 heterocycles. The molecule has 0 fully saturated rings. The minimum Gasteiger partial charge on any atom is -0.481 e. The van der Waals surface area contributed by atoms with Gasteiger partial charge < -0.3 is 30.1 Å². The van der Waals surface area contributed by atoms with Gasteiger partial charge in [-0.3, -0.25) is 9.59 Å². The molecule has 0 aliphatic rings. The molecular weight excluding hydrogens is 590 g/mol. The number of carbonyl (C=O) groups is 4. The lowest BCUT2D eigenvalue weighted by Gasteiger charge is -2.30. The number of carboxylic acid groups (broad SMARTS) is 1. The maximum atomic E-state index is 13.4. The molecule has 10 nitrogen and oxygen atoms in total. The SMILES string of the molecule is CC#CCOc1ccc(C[C@H](NC(=O)[C@@H](C=CCCCCCCC(=O)CCCCCCC)[C@@](O)(CCO)C(=O)O)C(=O)OC)cc1. The molecule has 0 aliphatic heterocycles. The number of nitrogens with one attached hydrogen (secondary N) is 1. The molecule has 1 aromatic rings. The zero-order valence-electron chi connectivity index (χ0n) is 27.7. The topological polar surface area (TPSA) is 159 Å². The number of methoxy groups -OCH3 is 1. The van der Waals surface area contributed by atoms with Crippen molar-refractivity contribution in [2.45, 2.75) is 115 Å². The Morgan fingerprint density at radius 1 is 0.978 bits per heavy atom. The fourth-order valence-corrected chi connectivity index (χ4v) is 5.00. The van der Waals surface area contributed by atoms with Gasteiger partial charge in [0.05, 0.1) is 13.0 Å². The van der Waals surface area contributed by atoms with Crippen molar-refractivity contribution in [1.82, 2.24) is 5.32 Å². The Hall–Kier alpha value is -3.68. The number of esters is 1. The van der Waals surface area contributed by atoms with Crippen molar-refractivity contribution in [3.63, 3.8) is 0 Å². The summed E-state index contributed by atoms with van der Waals surface area (Å²) in [6.07, 6.45) is 13.0. The molecule has 3 atom stereocenters. The minimum absolute atomic E-state index is 0.0384. The van der Waals surface area contributed by atoms with Crippen molar-refractivity contribution in [1.29, 1.82) is 0 Å². The van der Waals surface area contributed by atoms with Crippen LogP contribution in [0.5, 0.6) is 5.75 Å². The van der Waals surface area contributed by atoms with Gasteiger partial charge in [-0.15, -0.1) is 5.92 Å². The van der Waals surface area contributed by atoms with Gasteiger partial charge >= 0.3 is 11.9 Å². The van der Waals surface area contributed by atoms with Crippen LogP contribution in [0.25, 0.3) is 0 Å². The number of ketones is 1. The van der Waals surface area contributed by atoms with Crippen LogP contribution in [0.2, 0.25) is 0 Å². The Morgan fingerprint density at radius 2 is 1.61 bits per heavy atom. The summed E-state index contributed by atoms with van der Waals surface area (Å²) in [4.78, 5) is 50.2. The van der Waals surface area contributed by atoms with E-state index in [1.54, 1.807) is 37.3 Å². The highest BCUT2D eigenvalue weighted by atomic mass is 16.5. The Balaban J connectivity index is 2.82. The number of Topliss-reactive ketones (excluding diaryl/α,β-unsaturated/α-hetero) is 1. The van der Waals surface area contributed by atoms with E-state index < -0.39 is 48.4 Å². The first kappa shape index (κ1) is 40.3. The summed E-state index contributed by atoms with van der Waals surface area (Å²) in [5.41, 5.74) is -1.93. The molecule has 10 heteroatoms. The summed E-state index contributed by atoms with van der Waals surface area (Å²) < 4.78 is 10.4. The molecule has 0 aromatic heterocycles. The number of hydrogen-bond acceptors (Lipinski definition) is 8. The largest absolute Gasteiger partial charge is 0.481 e. The first-order chi connectivity index (χ1) is 22.1. The number of amides is 1. The molecule has 0 bridgehead atoms. The van der Waals surface area contributed by atoms with E-state index in [2.05, 4.69) is 24.1 Å². The van der Waals surface area contributed by atoms with Crippen molar-refractivity contribution in [3.05, 3.63) is 42.0 Å². The third kappa shape index (κ3) is 15.5. The van der Waals surface area contributed by atoms with E-state index in [0.717, 1.165) is 38.5 Å². The van der Waals surface area contributed by atoms with Crippen LogP contribution in [0.1, 0.15) is 103 Å². The Bertz CT molecular complexity index is 1150. The number of aliphatic carboxylic acids is 1. The first-order valence-electron chi connectivity index (χ1n) is 16.4. The van der Waals surface area contributed by atoms with Crippen molar-refractivity contribution < 1.29 is 44.0 Å². The predicted molar refractivity (Wildman–Crippen MR) is 176 cm³/mol. The van der Waals surface area contributed by atoms with Gasteiger partial charge in [-0.05, 0) is 50.3 Å². The molecule has 46 heavy (non-hydrogen) atoms. The van der Waals surface area contributed by atoms with E-state index in [0.29, 0.717) is 36.4 Å². The molecule has 0 unspecified atom stereocenters. The number of carbonyl (C=O) groups excluding carboxylic acids is 3. The molecule has 0 saturated carbocycles. The lowest BCUT2D eigenvalue weighted by molar-refractivity contribution is -0.168. The second-order valence-electron chi connectivity index (χ2n) is 11.4. The van der Waals surface area contributed by atoms with Crippen LogP contribution in [0.15, 0.2) is 36.4 Å². The molecule has 0 aliphatic carbocycles. The van der Waals surface area contributed by atoms with Crippen molar-refractivity contribution in [3.8, 4) is 17.6 Å². The average Bonchev–Trinajstić information content (AvgIpc) is 3.04. The highest BCUT2D eigenvalue weighted by molar-refractivity contribution is 5.92. The van der Waals surface area contributed by atoms with Crippen molar-refractivity contribution >= 4 is 23.6 Å². The Labute approximate surface area is 273 Å². The number of aliphatic hydroxyl groups excluding tert-OH is 1. The number of allylic oxidation sites excluding steroid dienone is 1. The van der Waals surface area contributed by atoms with Crippen LogP contribution in [0.4, 0.5) is 0 Å². The third-order valence-corrected chi connectivity index (χ3v) is 7.78. The Kier molecular flexibility index (Phi) is 20.7. The molecule has 0 saturated heterocycles. The summed E-state index contributed by atoms with van der Waals surface area (Å²) in [7, 11) is 1.18. The van der Waals surface area contributed by atoms with E-state index >= 15 is 0 Å². The van der Waals surface area contributed by atoms with Gasteiger partial charge in [0, 0.05) is 32.3 Å². The normalized spacial score (nSPS) is 13.6. The second kappa shape index (κ2) is 23.6. The van der Waals surface area contributed by atoms with Gasteiger partial charge in [-0.25, -0.2) is 9.59 Å². The fraction of sp³-hybridized carbons (Fsp3) is 0.611. The summed E-state index contributed by atoms with van der Waals surface area (Å²) >= 11 is 0. The maximum Gasteiger partial charge on any atom is 0.336 e. The zero-order valence-corrected chi connectivity index (χ0v) is 27.7. The van der Waals surface area contributed by atoms with Gasteiger partial charge in [0.25, 0.3) is 0 Å². The lowest BCUT2D eigenvalue weighted by Crippen LogP contribution is -2.55. The van der Waals surface area contributed by atoms with Crippen LogP contribution in [-0.4, -0.2) is 70.9 Å². The van der Waals surface area contributed by atoms with Gasteiger partial charge in [-0.1, -0.05) is 75.7 Å². The van der Waals surface area contributed by atoms with Gasteiger partial charge in [0.15, 0.2) is 5.60 Å². The quantitative estimate of drug-likeness (QED) is 0.0502. The monoisotopic (exact) mass is 643 g/mol. The number of ether oxygens (including phenoxy) is 2. The number of rotatable bonds is 25. The van der Waals surface area contributed by atoms with E-state index in [1.165, 1.54) is 32.4 Å². The smallest absolute Gasteiger partial charge is 0.336 e. The van der Waals surface area contributed by atoms with Gasteiger partial charge in [-0.2, -0.15) is 0 Å². The summed E-state index contributed by atoms with van der Waals surface area (Å²) in [6.45, 7) is 3.43. The van der Waals surface area contributed by atoms with E-state index in [9.17, 15) is 34.5 Å². The summed E-state index contributed by atoms with van der Waals surface area (Å²) in [5.74, 6) is 1.52. The molecule has 1 amide bonds. The molecule has 1 aromatic carbocycles. The first-order valence-corrected chi connectivity index (χ1v) is 16.4. The number of aliphatic hydroxyl groups is 2. The Morgan fingerprint density at radius 3 is 2.17 bits per heavy atom. The van der Waals surface area contributed by atoms with E-state index in [4.69, 9.17) is 9.47 Å². The maximum absolute atomic E-state index is 13.4. The highest BCUT2D eigenvalue weighted by Gasteiger charge is 2.47. The summed E-state index contributed by atoms with van der Waals surface area (Å²) in [5, 5.41) is 32.9. The number of hydrogen-bond donors (Lipinski definition) is 4. The molecule has 0 spiro atoms. The fourth-order valence-electron chi connectivity index (χ4n) is 5.00. The van der Waals surface area contributed by atoms with Crippen LogP contribution < -0.4 is 10.1 Å². The second-order valence-corrected chi connectivity index (χ2v) is 11.4. The molecular formula is C36H53NO9. The van der Waals surface area contributed by atoms with E-state index in [-0.39, 0.29) is 13.0 Å². The van der Waals surface area contributed by atoms with Crippen LogP contribution in [0, 0.1) is 17.8 Å². The lowest BCUT2D eigenvalue weighted by atomic mass is 9.83. The van der Waals surface area contributed by atoms with Gasteiger partial charge in [0.1, 0.15) is 24.2 Å². The highest BCUT2D eigenvalue weighted by Crippen LogP contribution is 2.25. The predicted octanol–water partition coefficient (Wildman–Crippen LogP) is 4.93. The van der Waals surface area contributed by atoms with Gasteiger partial charge in [0.2, 0.25) is 5.91 Å². The van der Waals surface area contributed by atoms with Crippen LogP contribution in [0.3, 0.4) is 0 Å². The standard InChI is InChI=1S/C36H53NO9/c1-4-6-8-11-14-17-29(39)18-15-12-9-10-13-16-19-31(36(44,24-25-38)35(42)43)33(40)37-32(34(41)45-3)27-28-20-22-30(23-21-28)46-26-7-5-2/h16,19-23,31-32,38,44H,4,6,8-15,17-18,24-27H2,1-3H3,(H,37,40)(H,42,43)/t31-,32+,36+/m1/s1. The third-order valence-electron chi connectivity index (χ3n) is 7.78. The van der Waals surface area contributed by atoms with Crippen molar-refractivity contribution in [2.75, 3.05) is 20.3 Å². The number of unbranched alkanes of at least 4 members (excludes halogenated alkanes) is 8. The molecule has 1 rings (SSSR count). The average molecular weight is 644 g/mol. The number of benzene rings is 1. The summed E-state index contributed by atoms with van der Waals surface area (Å²) in [6, 6.07) is 5.67. The minimum atomic E-state index is -2.60. The van der Waals surface area contributed by atoms with Crippen molar-refractivity contribution in [2.24, 2.45) is 5.92 Å². The molecule has 4 N–H and O–H groups in total. The molecule has 256 valence electrons. The van der Waals surface area contributed by atoms with E-state index in [1.807, 2.05) is 0 Å². The zero-order chi connectivity index (χ0) is 34.2. The molecule has 0 radical (unpaired) electrons. The number of carboxylic acids is 1.